The van der Waals surface area contributed by atoms with Gasteiger partial charge in [-0.2, -0.15) is 0 Å². The summed E-state index contributed by atoms with van der Waals surface area (Å²) in [5.41, 5.74) is -2.46. The zero-order chi connectivity index (χ0) is 21.5. The Hall–Kier alpha value is -2.44. The van der Waals surface area contributed by atoms with Gasteiger partial charge in [-0.3, -0.25) is 0 Å². The van der Waals surface area contributed by atoms with Crippen molar-refractivity contribution in [3.63, 3.8) is 0 Å². The van der Waals surface area contributed by atoms with Gasteiger partial charge in [0, 0.05) is 10.0 Å². The van der Waals surface area contributed by atoms with Gasteiger partial charge in [0.1, 0.15) is 11.5 Å². The molecule has 0 unspecified atom stereocenters. The molecule has 2 aromatic carbocycles. The van der Waals surface area contributed by atoms with Gasteiger partial charge in [-0.25, -0.2) is 9.59 Å². The maximum atomic E-state index is 10.7. The highest BCUT2D eigenvalue weighted by molar-refractivity contribution is 6.30. The predicted molar refractivity (Wildman–Crippen MR) is 108 cm³/mol. The second-order valence-electron chi connectivity index (χ2n) is 6.74. The van der Waals surface area contributed by atoms with Crippen LogP contribution in [0.4, 0.5) is 0 Å². The van der Waals surface area contributed by atoms with Crippen molar-refractivity contribution in [3.05, 3.63) is 58.6 Å². The van der Waals surface area contributed by atoms with Crippen molar-refractivity contribution in [2.45, 2.75) is 38.9 Å². The highest BCUT2D eigenvalue weighted by atomic mass is 35.5. The van der Waals surface area contributed by atoms with Crippen molar-refractivity contribution in [1.29, 1.82) is 0 Å². The molecule has 8 heteroatoms. The van der Waals surface area contributed by atoms with Gasteiger partial charge in [-0.1, -0.05) is 23.2 Å². The fraction of sp³-hybridized carbons (Fsp3) is 0.300. The fourth-order valence-corrected chi connectivity index (χ4v) is 1.93. The summed E-state index contributed by atoms with van der Waals surface area (Å²) < 4.78 is 10.5. The second kappa shape index (κ2) is 9.66. The number of hydrogen-bond donors (Lipinski definition) is 2. The van der Waals surface area contributed by atoms with E-state index < -0.39 is 23.1 Å². The summed E-state index contributed by atoms with van der Waals surface area (Å²) in [6, 6.07) is 13.1. The van der Waals surface area contributed by atoms with E-state index in [1.807, 2.05) is 0 Å². The molecule has 6 nitrogen and oxygen atoms in total. The summed E-state index contributed by atoms with van der Waals surface area (Å²) in [7, 11) is 0. The van der Waals surface area contributed by atoms with Gasteiger partial charge in [0.05, 0.1) is 0 Å². The highest BCUT2D eigenvalue weighted by Gasteiger charge is 2.29. The van der Waals surface area contributed by atoms with E-state index in [2.05, 4.69) is 0 Å². The summed E-state index contributed by atoms with van der Waals surface area (Å²) >= 11 is 11.3. The normalized spacial score (nSPS) is 11.1. The number of benzene rings is 2. The van der Waals surface area contributed by atoms with E-state index in [4.69, 9.17) is 42.9 Å². The van der Waals surface area contributed by atoms with Crippen LogP contribution in [0, 0.1) is 0 Å². The molecule has 0 atom stereocenters. The van der Waals surface area contributed by atoms with Gasteiger partial charge in [-0.05, 0) is 76.2 Å². The molecule has 0 aliphatic heterocycles. The monoisotopic (exact) mass is 428 g/mol. The topological polar surface area (TPSA) is 93.1 Å². The third-order valence-corrected chi connectivity index (χ3v) is 3.91. The molecule has 0 bridgehead atoms. The Balaban J connectivity index is 0.000000280. The Morgan fingerprint density at radius 3 is 1.14 bits per heavy atom. The van der Waals surface area contributed by atoms with Crippen LogP contribution in [0.1, 0.15) is 27.7 Å². The second-order valence-corrected chi connectivity index (χ2v) is 7.62. The highest BCUT2D eigenvalue weighted by Crippen LogP contribution is 2.21. The van der Waals surface area contributed by atoms with Gasteiger partial charge in [-0.15, -0.1) is 0 Å². The van der Waals surface area contributed by atoms with E-state index >= 15 is 0 Å². The van der Waals surface area contributed by atoms with Crippen LogP contribution in [0.2, 0.25) is 10.0 Å². The summed E-state index contributed by atoms with van der Waals surface area (Å²) in [5, 5.41) is 18.8. The van der Waals surface area contributed by atoms with Gasteiger partial charge >= 0.3 is 11.9 Å². The Bertz CT molecular complexity index is 729. The van der Waals surface area contributed by atoms with Gasteiger partial charge < -0.3 is 19.7 Å². The molecule has 0 aliphatic carbocycles. The van der Waals surface area contributed by atoms with Crippen LogP contribution in [-0.2, 0) is 9.59 Å². The van der Waals surface area contributed by atoms with Crippen LogP contribution in [0.25, 0.3) is 0 Å². The van der Waals surface area contributed by atoms with E-state index in [-0.39, 0.29) is 0 Å². The van der Waals surface area contributed by atoms with E-state index in [0.717, 1.165) is 0 Å². The molecule has 2 N–H and O–H groups in total. The number of aliphatic carboxylic acids is 2. The third kappa shape index (κ3) is 7.66. The number of rotatable bonds is 6. The fourth-order valence-electron chi connectivity index (χ4n) is 1.68. The molecule has 0 fully saturated rings. The van der Waals surface area contributed by atoms with Crippen molar-refractivity contribution in [2.75, 3.05) is 0 Å². The minimum atomic E-state index is -1.23. The lowest BCUT2D eigenvalue weighted by atomic mass is 10.1. The number of halogens is 2. The first-order valence-corrected chi connectivity index (χ1v) is 8.95. The molecule has 0 heterocycles. The Morgan fingerprint density at radius 2 is 0.929 bits per heavy atom. The summed E-state index contributed by atoms with van der Waals surface area (Å²) in [6.07, 6.45) is 0. The SMILES string of the molecule is CC(C)(Oc1ccc(Cl)cc1)C(=O)O.CC(C)(Oc1ccc(Cl)cc1)C(=O)O. The molecule has 0 aromatic heterocycles. The minimum absolute atomic E-state index is 0.488. The summed E-state index contributed by atoms with van der Waals surface area (Å²) in [5.74, 6) is -1.04. The van der Waals surface area contributed by atoms with Crippen LogP contribution in [-0.4, -0.2) is 33.4 Å². The van der Waals surface area contributed by atoms with Gasteiger partial charge in [0.25, 0.3) is 0 Å². The van der Waals surface area contributed by atoms with E-state index in [1.54, 1.807) is 48.5 Å². The molecule has 0 saturated carbocycles. The average molecular weight is 429 g/mol. The first kappa shape index (κ1) is 23.6. The molecule has 152 valence electrons. The maximum Gasteiger partial charge on any atom is 0.347 e. The number of carbonyl (C=O) groups is 2. The molecular formula is C20H22Cl2O6. The molecule has 2 rings (SSSR count). The van der Waals surface area contributed by atoms with Gasteiger partial charge in [0.15, 0.2) is 11.2 Å². The van der Waals surface area contributed by atoms with Crippen LogP contribution in [0.3, 0.4) is 0 Å². The van der Waals surface area contributed by atoms with Crippen LogP contribution >= 0.6 is 23.2 Å². The smallest absolute Gasteiger partial charge is 0.347 e. The summed E-state index contributed by atoms with van der Waals surface area (Å²) in [4.78, 5) is 21.5. The maximum absolute atomic E-state index is 10.7. The molecule has 0 aliphatic rings. The Morgan fingerprint density at radius 1 is 0.679 bits per heavy atom. The van der Waals surface area contributed by atoms with Gasteiger partial charge in [0.2, 0.25) is 0 Å². The van der Waals surface area contributed by atoms with Crippen molar-refractivity contribution in [2.24, 2.45) is 0 Å². The molecule has 0 spiro atoms. The molecule has 2 aromatic rings. The molecule has 0 saturated heterocycles. The Kier molecular flexibility index (Phi) is 8.14. The zero-order valence-electron chi connectivity index (χ0n) is 15.9. The predicted octanol–water partition coefficient (Wildman–Crippen LogP) is 5.16. The average Bonchev–Trinajstić information content (AvgIpc) is 2.59. The largest absolute Gasteiger partial charge is 0.478 e. The van der Waals surface area contributed by atoms with Crippen LogP contribution in [0.15, 0.2) is 48.5 Å². The van der Waals surface area contributed by atoms with E-state index in [9.17, 15) is 9.59 Å². The van der Waals surface area contributed by atoms with Crippen molar-refractivity contribution >= 4 is 35.1 Å². The lowest BCUT2D eigenvalue weighted by molar-refractivity contribution is -0.152. The molecule has 28 heavy (non-hydrogen) atoms. The Labute approximate surface area is 173 Å². The first-order chi connectivity index (χ1) is 12.8. The molecule has 0 radical (unpaired) electrons. The minimum Gasteiger partial charge on any atom is -0.478 e. The molecule has 0 amide bonds. The number of carboxylic acid groups (broad SMARTS) is 2. The zero-order valence-corrected chi connectivity index (χ0v) is 17.4. The van der Waals surface area contributed by atoms with Crippen molar-refractivity contribution in [1.82, 2.24) is 0 Å². The van der Waals surface area contributed by atoms with Crippen LogP contribution < -0.4 is 9.47 Å². The van der Waals surface area contributed by atoms with Crippen LogP contribution in [0.5, 0.6) is 11.5 Å². The summed E-state index contributed by atoms with van der Waals surface area (Å²) in [6.45, 7) is 5.96. The number of carboxylic acids is 2. The van der Waals surface area contributed by atoms with E-state index in [0.29, 0.717) is 21.5 Å². The molecular weight excluding hydrogens is 407 g/mol. The lowest BCUT2D eigenvalue weighted by Crippen LogP contribution is -2.37. The number of ether oxygens (including phenoxy) is 2. The van der Waals surface area contributed by atoms with E-state index in [1.165, 1.54) is 27.7 Å². The van der Waals surface area contributed by atoms with Crippen molar-refractivity contribution in [3.8, 4) is 11.5 Å². The van der Waals surface area contributed by atoms with Crippen molar-refractivity contribution < 1.29 is 29.3 Å². The quantitative estimate of drug-likeness (QED) is 0.659. The standard InChI is InChI=1S/2C10H11ClO3/c2*1-10(2,9(12)13)14-8-5-3-7(11)4-6-8/h2*3-6H,1-2H3,(H,12,13). The lowest BCUT2D eigenvalue weighted by Gasteiger charge is -2.21. The first-order valence-electron chi connectivity index (χ1n) is 8.19. The third-order valence-electron chi connectivity index (χ3n) is 3.40. The number of hydrogen-bond acceptors (Lipinski definition) is 4.